The fourth-order valence-corrected chi connectivity index (χ4v) is 4.44. The number of aliphatic hydroxyl groups is 1. The Hall–Kier alpha value is -1.89. The number of halogens is 1. The van der Waals surface area contributed by atoms with Crippen molar-refractivity contribution in [1.29, 1.82) is 0 Å². The molecule has 2 N–H and O–H groups in total. The van der Waals surface area contributed by atoms with Gasteiger partial charge in [-0.15, -0.1) is 0 Å². The minimum Gasteiger partial charge on any atom is -0.507 e. The number of phenolic OH excluding ortho intramolecular Hbond substituents is 1. The second kappa shape index (κ2) is 8.86. The van der Waals surface area contributed by atoms with Gasteiger partial charge in [-0.05, 0) is 96.0 Å². The molecule has 2 aliphatic rings. The fraction of sp³-hybridized carbons (Fsp3) is 0.435. The first kappa shape index (κ1) is 20.4. The number of carbonyl (C=O) groups is 1. The third-order valence-corrected chi connectivity index (χ3v) is 6.64. The number of nitrogens with zero attached hydrogens (tertiary/aromatic N) is 1. The van der Waals surface area contributed by atoms with Crippen molar-refractivity contribution in [3.63, 3.8) is 0 Å². The molecule has 2 aromatic rings. The summed E-state index contributed by atoms with van der Waals surface area (Å²) in [6, 6.07) is 11.6. The van der Waals surface area contributed by atoms with Crippen LogP contribution in [-0.4, -0.2) is 53.2 Å². The van der Waals surface area contributed by atoms with Crippen molar-refractivity contribution in [2.75, 3.05) is 26.2 Å². The first-order chi connectivity index (χ1) is 14.0. The predicted octanol–water partition coefficient (Wildman–Crippen LogP) is 3.59. The van der Waals surface area contributed by atoms with Crippen LogP contribution in [0.2, 0.25) is 0 Å². The lowest BCUT2D eigenvalue weighted by Gasteiger charge is -2.32. The molecule has 1 unspecified atom stereocenters. The first-order valence-corrected chi connectivity index (χ1v) is 11.0. The number of phenols is 1. The summed E-state index contributed by atoms with van der Waals surface area (Å²) in [4.78, 5) is 14.6. The molecule has 1 atom stereocenters. The van der Waals surface area contributed by atoms with Gasteiger partial charge in [-0.25, -0.2) is 0 Å². The molecule has 2 heterocycles. The Kier molecular flexibility index (Phi) is 6.23. The molecule has 29 heavy (non-hydrogen) atoms. The van der Waals surface area contributed by atoms with Gasteiger partial charge >= 0.3 is 0 Å². The molecule has 0 bridgehead atoms. The largest absolute Gasteiger partial charge is 0.507 e. The van der Waals surface area contributed by atoms with Crippen molar-refractivity contribution >= 4 is 21.7 Å². The Morgan fingerprint density at radius 2 is 1.86 bits per heavy atom. The number of ether oxygens (including phenoxy) is 1. The highest BCUT2D eigenvalue weighted by atomic mass is 79.9. The Morgan fingerprint density at radius 3 is 2.62 bits per heavy atom. The number of benzene rings is 2. The molecule has 1 fully saturated rings. The molecule has 0 aromatic heterocycles. The molecule has 4 rings (SSSR count). The third kappa shape index (κ3) is 4.82. The molecule has 0 aliphatic carbocycles. The van der Waals surface area contributed by atoms with Gasteiger partial charge in [0.15, 0.2) is 11.9 Å². The summed E-state index contributed by atoms with van der Waals surface area (Å²) in [6.07, 6.45) is 3.13. The molecule has 2 aliphatic heterocycles. The molecular formula is C23H26BrNO4. The van der Waals surface area contributed by atoms with E-state index in [1.165, 1.54) is 5.56 Å². The van der Waals surface area contributed by atoms with Gasteiger partial charge in [-0.3, -0.25) is 4.79 Å². The molecule has 6 heteroatoms. The number of likely N-dealkylation sites (tertiary alicyclic amines) is 1. The summed E-state index contributed by atoms with van der Waals surface area (Å²) in [7, 11) is 0. The van der Waals surface area contributed by atoms with E-state index < -0.39 is 6.10 Å². The van der Waals surface area contributed by atoms with Crippen LogP contribution in [0, 0.1) is 5.92 Å². The minimum atomic E-state index is -1.05. The zero-order chi connectivity index (χ0) is 20.4. The van der Waals surface area contributed by atoms with Gasteiger partial charge in [-0.1, -0.05) is 12.1 Å². The highest BCUT2D eigenvalue weighted by Crippen LogP contribution is 2.29. The molecule has 2 aromatic carbocycles. The van der Waals surface area contributed by atoms with Crippen molar-refractivity contribution in [3.05, 3.63) is 57.6 Å². The average molecular weight is 460 g/mol. The van der Waals surface area contributed by atoms with E-state index in [0.29, 0.717) is 23.0 Å². The monoisotopic (exact) mass is 459 g/mol. The zero-order valence-corrected chi connectivity index (χ0v) is 17.9. The molecule has 0 saturated carbocycles. The van der Waals surface area contributed by atoms with Gasteiger partial charge in [0.1, 0.15) is 18.1 Å². The molecule has 0 amide bonds. The van der Waals surface area contributed by atoms with Gasteiger partial charge in [0.25, 0.3) is 0 Å². The summed E-state index contributed by atoms with van der Waals surface area (Å²) in [5.41, 5.74) is 2.78. The van der Waals surface area contributed by atoms with Crippen molar-refractivity contribution in [3.8, 4) is 11.5 Å². The number of aromatic hydroxyl groups is 1. The van der Waals surface area contributed by atoms with Crippen LogP contribution in [-0.2, 0) is 12.8 Å². The summed E-state index contributed by atoms with van der Waals surface area (Å²) < 4.78 is 6.17. The van der Waals surface area contributed by atoms with Gasteiger partial charge in [0.2, 0.25) is 0 Å². The Balaban J connectivity index is 1.27. The summed E-state index contributed by atoms with van der Waals surface area (Å²) >= 11 is 3.33. The average Bonchev–Trinajstić information content (AvgIpc) is 2.73. The van der Waals surface area contributed by atoms with E-state index in [0.717, 1.165) is 55.4 Å². The summed E-state index contributed by atoms with van der Waals surface area (Å²) in [5.74, 6) is 1.28. The van der Waals surface area contributed by atoms with Crippen molar-refractivity contribution < 1.29 is 19.7 Å². The van der Waals surface area contributed by atoms with Crippen LogP contribution in [0.1, 0.15) is 34.3 Å². The standard InChI is InChI=1S/C23H26BrNO4/c24-19-3-1-17(13-20(19)26)11-16-6-9-25(10-7-16)8-5-15-2-4-22-18(12-15)23(28)21(27)14-29-22/h1-4,12-13,16,21,26-27H,5-11,14H2. The molecule has 0 radical (unpaired) electrons. The van der Waals surface area contributed by atoms with Gasteiger partial charge in [-0.2, -0.15) is 0 Å². The number of hydrogen-bond acceptors (Lipinski definition) is 5. The smallest absolute Gasteiger partial charge is 0.198 e. The van der Waals surface area contributed by atoms with Crippen molar-refractivity contribution in [1.82, 2.24) is 4.90 Å². The van der Waals surface area contributed by atoms with Gasteiger partial charge in [0.05, 0.1) is 10.0 Å². The first-order valence-electron chi connectivity index (χ1n) is 10.2. The van der Waals surface area contributed by atoms with E-state index in [2.05, 4.69) is 26.9 Å². The maximum Gasteiger partial charge on any atom is 0.198 e. The van der Waals surface area contributed by atoms with Gasteiger partial charge in [0, 0.05) is 6.54 Å². The van der Waals surface area contributed by atoms with Crippen molar-refractivity contribution in [2.45, 2.75) is 31.8 Å². The number of Topliss-reactive ketones (excluding diaryl/α,β-unsaturated/α-hetero) is 1. The van der Waals surface area contributed by atoms with E-state index in [1.54, 1.807) is 0 Å². The van der Waals surface area contributed by atoms with Crippen molar-refractivity contribution in [2.24, 2.45) is 5.92 Å². The minimum absolute atomic E-state index is 0.0417. The second-order valence-electron chi connectivity index (χ2n) is 8.05. The molecular weight excluding hydrogens is 434 g/mol. The van der Waals surface area contributed by atoms with Crippen LogP contribution in [0.15, 0.2) is 40.9 Å². The van der Waals surface area contributed by atoms with Crippen LogP contribution in [0.25, 0.3) is 0 Å². The number of carbonyl (C=O) groups excluding carboxylic acids is 1. The van der Waals surface area contributed by atoms with Crippen LogP contribution in [0.4, 0.5) is 0 Å². The Bertz CT molecular complexity index is 892. The van der Waals surface area contributed by atoms with Gasteiger partial charge < -0.3 is 19.8 Å². The normalized spacial score (nSPS) is 20.3. The number of rotatable bonds is 5. The quantitative estimate of drug-likeness (QED) is 0.714. The zero-order valence-electron chi connectivity index (χ0n) is 16.3. The number of ketones is 1. The lowest BCUT2D eigenvalue weighted by atomic mass is 9.90. The van der Waals surface area contributed by atoms with Crippen LogP contribution in [0.5, 0.6) is 11.5 Å². The number of fused-ring (bicyclic) bond motifs is 1. The molecule has 154 valence electrons. The van der Waals surface area contributed by atoms with Crippen LogP contribution < -0.4 is 4.74 Å². The third-order valence-electron chi connectivity index (χ3n) is 5.97. The Morgan fingerprint density at radius 1 is 1.10 bits per heavy atom. The predicted molar refractivity (Wildman–Crippen MR) is 115 cm³/mol. The topological polar surface area (TPSA) is 70.0 Å². The molecule has 0 spiro atoms. The highest BCUT2D eigenvalue weighted by molar-refractivity contribution is 9.10. The fourth-order valence-electron chi connectivity index (χ4n) is 4.19. The van der Waals surface area contributed by atoms with Crippen LogP contribution >= 0.6 is 15.9 Å². The number of piperidine rings is 1. The lowest BCUT2D eigenvalue weighted by Crippen LogP contribution is -2.35. The number of hydrogen-bond donors (Lipinski definition) is 2. The van der Waals surface area contributed by atoms with E-state index in [1.807, 2.05) is 30.3 Å². The Labute approximate surface area is 179 Å². The van der Waals surface area contributed by atoms with E-state index in [-0.39, 0.29) is 12.4 Å². The molecule has 5 nitrogen and oxygen atoms in total. The summed E-state index contributed by atoms with van der Waals surface area (Å²) in [6.45, 7) is 3.14. The highest BCUT2D eigenvalue weighted by Gasteiger charge is 2.27. The van der Waals surface area contributed by atoms with E-state index in [9.17, 15) is 15.0 Å². The van der Waals surface area contributed by atoms with E-state index >= 15 is 0 Å². The van der Waals surface area contributed by atoms with E-state index in [4.69, 9.17) is 4.74 Å². The maximum absolute atomic E-state index is 12.1. The SMILES string of the molecule is O=C1c2cc(CCN3CCC(Cc4ccc(Br)c(O)c4)CC3)ccc2OCC1O. The van der Waals surface area contributed by atoms with Crippen LogP contribution in [0.3, 0.4) is 0 Å². The lowest BCUT2D eigenvalue weighted by molar-refractivity contribution is 0.0558. The second-order valence-corrected chi connectivity index (χ2v) is 8.90. The summed E-state index contributed by atoms with van der Waals surface area (Å²) in [5, 5.41) is 19.6. The number of aliphatic hydroxyl groups excluding tert-OH is 1. The molecule has 1 saturated heterocycles. The maximum atomic E-state index is 12.1.